The molecule has 1 aromatic rings. The molecule has 0 radical (unpaired) electrons. The minimum atomic E-state index is -0.448. The van der Waals surface area contributed by atoms with E-state index in [2.05, 4.69) is 15.9 Å². The molecule has 1 rings (SSSR count). The molecule has 0 bridgehead atoms. The fourth-order valence-electron chi connectivity index (χ4n) is 0.470. The van der Waals surface area contributed by atoms with Crippen molar-refractivity contribution in [3.63, 3.8) is 0 Å². The average Bonchev–Trinajstić information content (AvgIpc) is 1.80. The van der Waals surface area contributed by atoms with Gasteiger partial charge in [0, 0.05) is 0 Å². The largest absolute Gasteiger partial charge is 0.316 e. The van der Waals surface area contributed by atoms with Gasteiger partial charge in [0.25, 0.3) is 0 Å². The van der Waals surface area contributed by atoms with E-state index in [1.54, 1.807) is 0 Å². The van der Waals surface area contributed by atoms with Crippen LogP contribution in [0.2, 0.25) is 0 Å². The highest BCUT2D eigenvalue weighted by Crippen LogP contribution is 2.15. The van der Waals surface area contributed by atoms with Crippen LogP contribution >= 0.6 is 15.9 Å². The van der Waals surface area contributed by atoms with E-state index in [9.17, 15) is 8.78 Å². The number of benzene rings is 1. The Balaban J connectivity index is 0.000000810. The molecule has 0 aliphatic heterocycles. The van der Waals surface area contributed by atoms with E-state index in [-0.39, 0.29) is 27.5 Å². The van der Waals surface area contributed by atoms with Gasteiger partial charge in [-0.05, 0) is 34.1 Å². The number of rotatable bonds is 0. The summed E-state index contributed by atoms with van der Waals surface area (Å²) < 4.78 is 24.6. The zero-order chi connectivity index (χ0) is 6.85. The lowest BCUT2D eigenvalue weighted by molar-refractivity contribution is 0.594. The average molecular weight is 219 g/mol. The molecule has 52 valence electrons. The topological polar surface area (TPSA) is 0 Å². The molecule has 0 spiro atoms. The lowest BCUT2D eigenvalue weighted by Crippen LogP contribution is -1.77. The molecule has 0 fully saturated rings. The molecule has 0 unspecified atom stereocenters. The zero-order valence-corrected chi connectivity index (χ0v) is 5.95. The molecule has 0 saturated heterocycles. The molecule has 4 heteroatoms. The van der Waals surface area contributed by atoms with Crippen LogP contribution in [0.4, 0.5) is 8.78 Å². The third-order valence-electron chi connectivity index (χ3n) is 0.882. The SMILES string of the molecule is Fc1ccc(F)c(Br)c1.[MgH2]. The quantitative estimate of drug-likeness (QED) is 0.461. The van der Waals surface area contributed by atoms with Gasteiger partial charge in [-0.25, -0.2) is 8.78 Å². The summed E-state index contributed by atoms with van der Waals surface area (Å²) in [4.78, 5) is 0. The van der Waals surface area contributed by atoms with Crippen molar-refractivity contribution in [2.45, 2.75) is 0 Å². The Labute approximate surface area is 81.9 Å². The molecule has 0 N–H and O–H groups in total. The third-order valence-corrected chi connectivity index (χ3v) is 1.49. The second-order valence-electron chi connectivity index (χ2n) is 1.56. The molecule has 0 heterocycles. The molecule has 0 aliphatic carbocycles. The second-order valence-corrected chi connectivity index (χ2v) is 2.41. The normalized spacial score (nSPS) is 8.70. The van der Waals surface area contributed by atoms with Crippen LogP contribution in [0.5, 0.6) is 0 Å². The Kier molecular flexibility index (Phi) is 4.39. The smallest absolute Gasteiger partial charge is 0.207 e. The van der Waals surface area contributed by atoms with Crippen molar-refractivity contribution >= 4 is 39.0 Å². The molecule has 0 aromatic heterocycles. The van der Waals surface area contributed by atoms with E-state index in [0.717, 1.165) is 18.2 Å². The predicted octanol–water partition coefficient (Wildman–Crippen LogP) is 1.81. The van der Waals surface area contributed by atoms with E-state index >= 15 is 0 Å². The van der Waals surface area contributed by atoms with Gasteiger partial charge in [-0.1, -0.05) is 0 Å². The van der Waals surface area contributed by atoms with Crippen molar-refractivity contribution < 1.29 is 8.78 Å². The minimum absolute atomic E-state index is 0. The Morgan fingerprint density at radius 1 is 1.20 bits per heavy atom. The van der Waals surface area contributed by atoms with Crippen LogP contribution in [0.25, 0.3) is 0 Å². The maximum absolute atomic E-state index is 12.3. The van der Waals surface area contributed by atoms with Gasteiger partial charge in [-0.3, -0.25) is 0 Å². The lowest BCUT2D eigenvalue weighted by Gasteiger charge is -1.90. The molecule has 0 aliphatic rings. The summed E-state index contributed by atoms with van der Waals surface area (Å²) in [6, 6.07) is 3.22. The number of hydrogen-bond acceptors (Lipinski definition) is 0. The fourth-order valence-corrected chi connectivity index (χ4v) is 0.821. The maximum Gasteiger partial charge on any atom is 0.316 e. The summed E-state index contributed by atoms with van der Waals surface area (Å²) in [5.74, 6) is -0.889. The van der Waals surface area contributed by atoms with Crippen molar-refractivity contribution in [1.29, 1.82) is 0 Å². The highest BCUT2D eigenvalue weighted by Gasteiger charge is 1.97. The first kappa shape index (κ1) is 10.3. The Hall–Kier alpha value is 0.326. The predicted molar refractivity (Wildman–Crippen MR) is 42.6 cm³/mol. The first-order chi connectivity index (χ1) is 4.20. The molecule has 0 saturated carbocycles. The molecule has 0 amide bonds. The van der Waals surface area contributed by atoms with Crippen molar-refractivity contribution in [3.8, 4) is 0 Å². The van der Waals surface area contributed by atoms with Gasteiger partial charge in [-0.2, -0.15) is 0 Å². The van der Waals surface area contributed by atoms with Crippen molar-refractivity contribution in [2.24, 2.45) is 0 Å². The summed E-state index contributed by atoms with van der Waals surface area (Å²) in [6.07, 6.45) is 0. The van der Waals surface area contributed by atoms with Crippen molar-refractivity contribution in [3.05, 3.63) is 34.3 Å². The first-order valence-electron chi connectivity index (χ1n) is 2.30. The molecular formula is C6H5BrF2Mg. The van der Waals surface area contributed by atoms with Crippen LogP contribution in [0.1, 0.15) is 0 Å². The van der Waals surface area contributed by atoms with Crippen LogP contribution in [0.3, 0.4) is 0 Å². The van der Waals surface area contributed by atoms with Gasteiger partial charge >= 0.3 is 23.1 Å². The van der Waals surface area contributed by atoms with Gasteiger partial charge in [0.15, 0.2) is 0 Å². The summed E-state index contributed by atoms with van der Waals surface area (Å²) in [5, 5.41) is 0. The second kappa shape index (κ2) is 4.26. The van der Waals surface area contributed by atoms with Crippen LogP contribution in [-0.2, 0) is 0 Å². The number of halogens is 3. The van der Waals surface area contributed by atoms with Crippen molar-refractivity contribution in [1.82, 2.24) is 0 Å². The van der Waals surface area contributed by atoms with E-state index in [1.165, 1.54) is 0 Å². The van der Waals surface area contributed by atoms with E-state index < -0.39 is 11.6 Å². The Morgan fingerprint density at radius 2 is 1.80 bits per heavy atom. The van der Waals surface area contributed by atoms with Gasteiger partial charge in [0.1, 0.15) is 11.6 Å². The maximum atomic E-state index is 12.3. The Morgan fingerprint density at radius 3 is 2.20 bits per heavy atom. The standard InChI is InChI=1S/C6H3BrF2.Mg.2H/c7-5-3-4(8)1-2-6(5)9;;;/h1-3H;;;. The lowest BCUT2D eigenvalue weighted by atomic mass is 10.3. The van der Waals surface area contributed by atoms with Crippen LogP contribution < -0.4 is 0 Å². The van der Waals surface area contributed by atoms with E-state index in [0.29, 0.717) is 0 Å². The van der Waals surface area contributed by atoms with Crippen LogP contribution in [0.15, 0.2) is 22.7 Å². The van der Waals surface area contributed by atoms with E-state index in [4.69, 9.17) is 0 Å². The fraction of sp³-hybridized carbons (Fsp3) is 0. The molecule has 0 atom stereocenters. The first-order valence-corrected chi connectivity index (χ1v) is 3.10. The number of hydrogen-bond donors (Lipinski definition) is 0. The van der Waals surface area contributed by atoms with Gasteiger partial charge in [0.05, 0.1) is 4.47 Å². The molecular weight excluding hydrogens is 214 g/mol. The van der Waals surface area contributed by atoms with Crippen LogP contribution in [0, 0.1) is 11.6 Å². The van der Waals surface area contributed by atoms with E-state index in [1.807, 2.05) is 0 Å². The summed E-state index contributed by atoms with van der Waals surface area (Å²) >= 11 is 2.83. The highest BCUT2D eigenvalue weighted by molar-refractivity contribution is 9.10. The molecule has 0 nitrogen and oxygen atoms in total. The minimum Gasteiger partial charge on any atom is -0.207 e. The summed E-state index contributed by atoms with van der Waals surface area (Å²) in [6.45, 7) is 0. The molecule has 10 heavy (non-hydrogen) atoms. The van der Waals surface area contributed by atoms with Crippen molar-refractivity contribution in [2.75, 3.05) is 0 Å². The van der Waals surface area contributed by atoms with Crippen LogP contribution in [-0.4, -0.2) is 23.1 Å². The summed E-state index contributed by atoms with van der Waals surface area (Å²) in [5.41, 5.74) is 0. The monoisotopic (exact) mass is 218 g/mol. The third kappa shape index (κ3) is 2.52. The zero-order valence-electron chi connectivity index (χ0n) is 4.37. The summed E-state index contributed by atoms with van der Waals surface area (Å²) in [7, 11) is 0. The highest BCUT2D eigenvalue weighted by atomic mass is 79.9. The van der Waals surface area contributed by atoms with Gasteiger partial charge in [0.2, 0.25) is 0 Å². The van der Waals surface area contributed by atoms with Gasteiger partial charge < -0.3 is 0 Å². The molecule has 1 aromatic carbocycles. The Bertz CT molecular complexity index is 227. The van der Waals surface area contributed by atoms with Gasteiger partial charge in [-0.15, -0.1) is 0 Å².